The molecule has 1 aromatic rings. The molecule has 0 aromatic carbocycles. The number of unbranched alkanes of at least 4 members (excludes halogenated alkanes) is 2. The molecule has 0 fully saturated rings. The number of aryl methyl sites for hydroxylation is 1. The van der Waals surface area contributed by atoms with Crippen molar-refractivity contribution in [2.75, 3.05) is 0 Å². The molecule has 0 unspecified atom stereocenters. The van der Waals surface area contributed by atoms with Gasteiger partial charge in [-0.1, -0.05) is 19.8 Å². The smallest absolute Gasteiger partial charge is 0.173 e. The molecule has 0 saturated carbocycles. The summed E-state index contributed by atoms with van der Waals surface area (Å²) in [6, 6.07) is 2.01. The second-order valence-electron chi connectivity index (χ2n) is 3.41. The standard InChI is InChI=1S/C11H15BrOS/c1-3-4-5-6-10(13)11-9(12)7-8(2)14-11/h7H,3-6H2,1-2H3. The van der Waals surface area contributed by atoms with Gasteiger partial charge in [0.1, 0.15) is 0 Å². The van der Waals surface area contributed by atoms with Crippen LogP contribution in [0.15, 0.2) is 10.5 Å². The summed E-state index contributed by atoms with van der Waals surface area (Å²) >= 11 is 5.00. The lowest BCUT2D eigenvalue weighted by Crippen LogP contribution is -1.96. The van der Waals surface area contributed by atoms with Crippen LogP contribution in [-0.4, -0.2) is 5.78 Å². The van der Waals surface area contributed by atoms with Crippen LogP contribution >= 0.6 is 27.3 Å². The molecule has 1 rings (SSSR count). The minimum Gasteiger partial charge on any atom is -0.293 e. The van der Waals surface area contributed by atoms with Crippen molar-refractivity contribution >= 4 is 33.0 Å². The van der Waals surface area contributed by atoms with Crippen LogP contribution in [0, 0.1) is 6.92 Å². The molecule has 0 bridgehead atoms. The predicted molar refractivity (Wildman–Crippen MR) is 65.2 cm³/mol. The van der Waals surface area contributed by atoms with Gasteiger partial charge in [-0.05, 0) is 35.3 Å². The van der Waals surface area contributed by atoms with E-state index in [-0.39, 0.29) is 5.78 Å². The van der Waals surface area contributed by atoms with Crippen LogP contribution in [0.3, 0.4) is 0 Å². The fourth-order valence-electron chi connectivity index (χ4n) is 1.32. The van der Waals surface area contributed by atoms with E-state index in [1.54, 1.807) is 11.3 Å². The molecular weight excluding hydrogens is 260 g/mol. The fourth-order valence-corrected chi connectivity index (χ4v) is 3.15. The minimum atomic E-state index is 0.281. The molecule has 0 amide bonds. The highest BCUT2D eigenvalue weighted by molar-refractivity contribution is 9.10. The molecule has 1 aromatic heterocycles. The Morgan fingerprint density at radius 1 is 1.50 bits per heavy atom. The summed E-state index contributed by atoms with van der Waals surface area (Å²) in [5.74, 6) is 0.281. The third-order valence-electron chi connectivity index (χ3n) is 2.07. The van der Waals surface area contributed by atoms with Gasteiger partial charge in [0.25, 0.3) is 0 Å². The summed E-state index contributed by atoms with van der Waals surface area (Å²) in [6.45, 7) is 4.17. The number of hydrogen-bond acceptors (Lipinski definition) is 2. The van der Waals surface area contributed by atoms with Crippen LogP contribution in [0.25, 0.3) is 0 Å². The van der Waals surface area contributed by atoms with Crippen molar-refractivity contribution in [1.82, 2.24) is 0 Å². The van der Waals surface area contributed by atoms with Crippen LogP contribution in [0.2, 0.25) is 0 Å². The van der Waals surface area contributed by atoms with Gasteiger partial charge in [0.15, 0.2) is 5.78 Å². The molecular formula is C11H15BrOS. The zero-order chi connectivity index (χ0) is 10.6. The molecule has 0 N–H and O–H groups in total. The lowest BCUT2D eigenvalue weighted by molar-refractivity contribution is 0.0982. The Labute approximate surface area is 97.7 Å². The Balaban J connectivity index is 2.56. The largest absolute Gasteiger partial charge is 0.293 e. The van der Waals surface area contributed by atoms with Gasteiger partial charge in [-0.3, -0.25) is 4.79 Å². The molecule has 0 spiro atoms. The first kappa shape index (κ1) is 11.9. The van der Waals surface area contributed by atoms with Gasteiger partial charge in [-0.25, -0.2) is 0 Å². The van der Waals surface area contributed by atoms with Gasteiger partial charge >= 0.3 is 0 Å². The van der Waals surface area contributed by atoms with E-state index in [4.69, 9.17) is 0 Å². The van der Waals surface area contributed by atoms with E-state index in [2.05, 4.69) is 22.9 Å². The number of carbonyl (C=O) groups excluding carboxylic acids is 1. The summed E-state index contributed by atoms with van der Waals surface area (Å²) in [4.78, 5) is 13.8. The number of hydrogen-bond donors (Lipinski definition) is 0. The molecule has 3 heteroatoms. The quantitative estimate of drug-likeness (QED) is 0.567. The van der Waals surface area contributed by atoms with Gasteiger partial charge < -0.3 is 0 Å². The number of carbonyl (C=O) groups is 1. The van der Waals surface area contributed by atoms with Crippen LogP contribution in [0.5, 0.6) is 0 Å². The number of rotatable bonds is 5. The predicted octanol–water partition coefficient (Wildman–Crippen LogP) is 4.58. The Bertz CT molecular complexity index is 317. The highest BCUT2D eigenvalue weighted by atomic mass is 79.9. The second-order valence-corrected chi connectivity index (χ2v) is 5.53. The summed E-state index contributed by atoms with van der Waals surface area (Å²) in [5.41, 5.74) is 0. The van der Waals surface area contributed by atoms with Crippen LogP contribution in [0.1, 0.15) is 47.2 Å². The van der Waals surface area contributed by atoms with E-state index < -0.39 is 0 Å². The minimum absolute atomic E-state index is 0.281. The molecule has 0 aliphatic carbocycles. The van der Waals surface area contributed by atoms with E-state index in [9.17, 15) is 4.79 Å². The summed E-state index contributed by atoms with van der Waals surface area (Å²) in [7, 11) is 0. The van der Waals surface area contributed by atoms with Crippen molar-refractivity contribution < 1.29 is 4.79 Å². The Morgan fingerprint density at radius 2 is 2.21 bits per heavy atom. The monoisotopic (exact) mass is 274 g/mol. The van der Waals surface area contributed by atoms with Crippen LogP contribution in [0.4, 0.5) is 0 Å². The van der Waals surface area contributed by atoms with E-state index >= 15 is 0 Å². The molecule has 1 nitrogen and oxygen atoms in total. The van der Waals surface area contributed by atoms with Crippen LogP contribution in [-0.2, 0) is 0 Å². The molecule has 0 saturated heterocycles. The molecule has 0 atom stereocenters. The molecule has 0 aliphatic heterocycles. The Morgan fingerprint density at radius 3 is 2.71 bits per heavy atom. The van der Waals surface area contributed by atoms with Gasteiger partial charge in [0.2, 0.25) is 0 Å². The van der Waals surface area contributed by atoms with Crippen molar-refractivity contribution in [2.24, 2.45) is 0 Å². The summed E-state index contributed by atoms with van der Waals surface area (Å²) in [5, 5.41) is 0. The average molecular weight is 275 g/mol. The molecule has 0 aliphatic rings. The summed E-state index contributed by atoms with van der Waals surface area (Å²) in [6.07, 6.45) is 4.01. The highest BCUT2D eigenvalue weighted by Gasteiger charge is 2.12. The number of Topliss-reactive ketones (excluding diaryl/α,β-unsaturated/α-hetero) is 1. The normalized spacial score (nSPS) is 10.5. The average Bonchev–Trinajstić information content (AvgIpc) is 2.45. The SMILES string of the molecule is CCCCCC(=O)c1sc(C)cc1Br. The van der Waals surface area contributed by atoms with E-state index in [0.717, 1.165) is 28.6 Å². The Kier molecular flexibility index (Phi) is 4.82. The lowest BCUT2D eigenvalue weighted by Gasteiger charge is -1.97. The third-order valence-corrected chi connectivity index (χ3v) is 4.05. The van der Waals surface area contributed by atoms with Crippen molar-refractivity contribution in [3.05, 3.63) is 20.3 Å². The lowest BCUT2D eigenvalue weighted by atomic mass is 10.1. The first-order chi connectivity index (χ1) is 6.65. The van der Waals surface area contributed by atoms with Gasteiger partial charge in [0, 0.05) is 15.8 Å². The van der Waals surface area contributed by atoms with E-state index in [1.807, 2.05) is 13.0 Å². The van der Waals surface area contributed by atoms with E-state index in [1.165, 1.54) is 4.88 Å². The topological polar surface area (TPSA) is 17.1 Å². The van der Waals surface area contributed by atoms with Crippen molar-refractivity contribution in [2.45, 2.75) is 39.5 Å². The molecule has 78 valence electrons. The summed E-state index contributed by atoms with van der Waals surface area (Å²) < 4.78 is 0.960. The maximum atomic E-state index is 11.7. The van der Waals surface area contributed by atoms with Crippen LogP contribution < -0.4 is 0 Å². The zero-order valence-corrected chi connectivity index (χ0v) is 11.0. The van der Waals surface area contributed by atoms with Crippen molar-refractivity contribution in [3.63, 3.8) is 0 Å². The first-order valence-electron chi connectivity index (χ1n) is 4.94. The maximum absolute atomic E-state index is 11.7. The third kappa shape index (κ3) is 3.21. The number of ketones is 1. The maximum Gasteiger partial charge on any atom is 0.173 e. The first-order valence-corrected chi connectivity index (χ1v) is 6.55. The Hall–Kier alpha value is -0.150. The number of halogens is 1. The number of thiophene rings is 1. The zero-order valence-electron chi connectivity index (χ0n) is 8.60. The van der Waals surface area contributed by atoms with Gasteiger partial charge in [-0.15, -0.1) is 11.3 Å². The molecule has 14 heavy (non-hydrogen) atoms. The second kappa shape index (κ2) is 5.66. The van der Waals surface area contributed by atoms with Gasteiger partial charge in [-0.2, -0.15) is 0 Å². The van der Waals surface area contributed by atoms with Crippen molar-refractivity contribution in [1.29, 1.82) is 0 Å². The van der Waals surface area contributed by atoms with Gasteiger partial charge in [0.05, 0.1) is 4.88 Å². The fraction of sp³-hybridized carbons (Fsp3) is 0.545. The van der Waals surface area contributed by atoms with Crippen molar-refractivity contribution in [3.8, 4) is 0 Å². The molecule has 0 radical (unpaired) electrons. The molecule has 1 heterocycles. The highest BCUT2D eigenvalue weighted by Crippen LogP contribution is 2.28. The van der Waals surface area contributed by atoms with E-state index in [0.29, 0.717) is 6.42 Å².